The van der Waals surface area contributed by atoms with Gasteiger partial charge in [-0.2, -0.15) is 39.5 Å². The van der Waals surface area contributed by atoms with E-state index in [0.717, 1.165) is 120 Å². The number of methoxy groups -OCH3 is 3. The first kappa shape index (κ1) is 89.7. The molecule has 620 valence electrons. The standard InChI is InChI=1S/C27H39F3N6O3S.C24H34F3N5O3S.C23H30F3N5O4S/c1-34-11-13-36(14-12-34)18-19-9-10-22(25(15-19)39-3)32-26-31-17-21(27(28,29)30)23(33-26)16-20-7-5-6-8-24(20)35(2)40(4,37)38;1-31(2)15-16-10-11-19(22(12-16)35-4)29-23-28-14-18(24(25,26)27)20(30-23)13-17-8-6-7-9-21(17)32(3)36(5,33)34;1-13-9-19(20(35-3)11-15(13)21(32)27-2)30-22-28-12-16(23(24,25)26)18(29-22)10-14-7-5-6-8-17(14)31-36(4,33)34/h9-10,15,17,20,24H,5-8,11-14,16,18H2,1-4H3,(H,31,32,33);10-12,14,17,21H,6-9,13,15H2,1-5H3,(H,28,29,30);9,11-12,14,17,31H,5-8,10H2,1-4H3,(H,27,32)(H,28,29,30)/t20-,24+;17-,21+;14-,17+/m000/s1. The lowest BCUT2D eigenvalue weighted by atomic mass is 9.81. The highest BCUT2D eigenvalue weighted by molar-refractivity contribution is 7.89. The molecule has 38 heteroatoms. The maximum absolute atomic E-state index is 13.9. The lowest BCUT2D eigenvalue weighted by molar-refractivity contribution is -0.139. The van der Waals surface area contributed by atoms with Crippen LogP contribution in [0, 0.1) is 24.7 Å². The van der Waals surface area contributed by atoms with Gasteiger partial charge in [-0.1, -0.05) is 50.7 Å². The zero-order chi connectivity index (χ0) is 82.4. The maximum atomic E-state index is 13.9. The van der Waals surface area contributed by atoms with Crippen molar-refractivity contribution < 1.29 is 83.8 Å². The third-order valence-corrected chi connectivity index (χ3v) is 24.0. The average Bonchev–Trinajstić information content (AvgIpc) is 0.810. The lowest BCUT2D eigenvalue weighted by Crippen LogP contribution is -2.44. The number of halogens is 9. The molecule has 3 aliphatic carbocycles. The first-order valence-electron chi connectivity index (χ1n) is 36.7. The largest absolute Gasteiger partial charge is 0.495 e. The van der Waals surface area contributed by atoms with Gasteiger partial charge < -0.3 is 45.3 Å². The fourth-order valence-corrected chi connectivity index (χ4v) is 17.1. The summed E-state index contributed by atoms with van der Waals surface area (Å²) in [5.41, 5.74) is 1.23. The molecular weight excluding hydrogens is 1540 g/mol. The van der Waals surface area contributed by atoms with E-state index in [-0.39, 0.29) is 95.7 Å². The number of carbonyl (C=O) groups is 1. The van der Waals surface area contributed by atoms with Crippen LogP contribution in [-0.4, -0.2) is 211 Å². The molecule has 6 atom stereocenters. The molecule has 4 heterocycles. The van der Waals surface area contributed by atoms with E-state index < -0.39 is 71.3 Å². The highest BCUT2D eigenvalue weighted by atomic mass is 32.2. The van der Waals surface area contributed by atoms with Crippen LogP contribution in [-0.2, 0) is 81.0 Å². The molecule has 3 aromatic heterocycles. The highest BCUT2D eigenvalue weighted by Crippen LogP contribution is 2.42. The molecule has 5 N–H and O–H groups in total. The van der Waals surface area contributed by atoms with Crippen molar-refractivity contribution in [3.63, 3.8) is 0 Å². The van der Waals surface area contributed by atoms with Crippen molar-refractivity contribution in [2.24, 2.45) is 17.8 Å². The predicted molar refractivity (Wildman–Crippen MR) is 410 cm³/mol. The number of piperazine rings is 1. The molecule has 4 fully saturated rings. The van der Waals surface area contributed by atoms with Crippen molar-refractivity contribution in [1.29, 1.82) is 0 Å². The summed E-state index contributed by atoms with van der Waals surface area (Å²) in [7, 11) is 4.45. The molecule has 0 radical (unpaired) electrons. The van der Waals surface area contributed by atoms with Gasteiger partial charge in [0.1, 0.15) is 17.2 Å². The van der Waals surface area contributed by atoms with E-state index in [2.05, 4.69) is 72.7 Å². The van der Waals surface area contributed by atoms with Crippen LogP contribution in [0.1, 0.15) is 138 Å². The molecule has 26 nitrogen and oxygen atoms in total. The SMILES string of the molecule is CNC(=O)c1cc(OC)c(Nc2ncc(C(F)(F)F)c(C[C@@H]3CCCC[C@H]3NS(C)(=O)=O)n2)cc1C.COc1cc(CN(C)C)ccc1Nc1ncc(C(F)(F)F)c(C[C@@H]2CCCC[C@H]2N(C)S(C)(=O)=O)n1.COc1cc(CN2CCN(C)CC2)ccc1Nc1ncc(C(F)(F)F)c(C[C@@H]2CCCC[C@H]2N(C)S(C)(=O)=O)n1. The topological polar surface area (TPSA) is 301 Å². The Balaban J connectivity index is 0.000000211. The van der Waals surface area contributed by atoms with Gasteiger partial charge in [-0.25, -0.2) is 68.5 Å². The Morgan fingerprint density at radius 3 is 1.31 bits per heavy atom. The van der Waals surface area contributed by atoms with E-state index in [9.17, 15) is 69.6 Å². The monoisotopic (exact) mass is 1640 g/mol. The third kappa shape index (κ3) is 25.3. The summed E-state index contributed by atoms with van der Waals surface area (Å²) in [5.74, 6) is 0.0671. The number of nitrogens with one attached hydrogen (secondary N) is 5. The van der Waals surface area contributed by atoms with Gasteiger partial charge in [0.2, 0.25) is 47.9 Å². The smallest absolute Gasteiger partial charge is 0.419 e. The summed E-state index contributed by atoms with van der Waals surface area (Å²) in [5, 5.41) is 11.5. The number of rotatable bonds is 26. The van der Waals surface area contributed by atoms with E-state index in [4.69, 9.17) is 14.2 Å². The second-order valence-electron chi connectivity index (χ2n) is 29.3. The molecule has 112 heavy (non-hydrogen) atoms. The normalized spacial score (nSPS) is 19.8. The van der Waals surface area contributed by atoms with E-state index in [1.54, 1.807) is 26.2 Å². The number of hydrogen-bond acceptors (Lipinski definition) is 22. The summed E-state index contributed by atoms with van der Waals surface area (Å²) in [4.78, 5) is 43.3. The summed E-state index contributed by atoms with van der Waals surface area (Å²) in [6.07, 6.45) is 0.0277. The molecule has 10 rings (SSSR count). The fraction of sp³-hybridized carbons (Fsp3) is 0.581. The van der Waals surface area contributed by atoms with Crippen molar-refractivity contribution >= 4 is 70.9 Å². The minimum Gasteiger partial charge on any atom is -0.495 e. The number of anilines is 6. The second-order valence-corrected chi connectivity index (χ2v) is 35.2. The Morgan fingerprint density at radius 2 is 0.911 bits per heavy atom. The summed E-state index contributed by atoms with van der Waals surface area (Å²) >= 11 is 0. The van der Waals surface area contributed by atoms with E-state index in [1.165, 1.54) is 50.0 Å². The molecular formula is C74H103F9N16O10S3. The molecule has 1 amide bonds. The zero-order valence-electron chi connectivity index (χ0n) is 65.3. The van der Waals surface area contributed by atoms with Gasteiger partial charge in [-0.3, -0.25) is 9.69 Å². The Labute approximate surface area is 650 Å². The molecule has 3 saturated carbocycles. The number of aromatic nitrogens is 6. The van der Waals surface area contributed by atoms with Gasteiger partial charge in [-0.05, 0) is 157 Å². The van der Waals surface area contributed by atoms with Gasteiger partial charge >= 0.3 is 18.5 Å². The molecule has 1 aliphatic heterocycles. The van der Waals surface area contributed by atoms with Gasteiger partial charge in [0.25, 0.3) is 5.91 Å². The molecule has 0 spiro atoms. The Hall–Kier alpha value is -7.85. The third-order valence-electron chi connectivity index (χ3n) is 20.7. The van der Waals surface area contributed by atoms with E-state index >= 15 is 0 Å². The fourth-order valence-electron chi connectivity index (χ4n) is 14.7. The molecule has 0 bridgehead atoms. The van der Waals surface area contributed by atoms with Crippen LogP contribution in [0.5, 0.6) is 17.2 Å². The van der Waals surface area contributed by atoms with E-state index in [1.807, 2.05) is 49.3 Å². The van der Waals surface area contributed by atoms with Gasteiger partial charge in [0.15, 0.2) is 0 Å². The van der Waals surface area contributed by atoms with Gasteiger partial charge in [0, 0.05) is 103 Å². The van der Waals surface area contributed by atoms with Crippen LogP contribution >= 0.6 is 0 Å². The number of carbonyl (C=O) groups excluding carboxylic acids is 1. The number of aryl methyl sites for hydroxylation is 1. The van der Waals surface area contributed by atoms with Crippen molar-refractivity contribution in [2.75, 3.05) is 125 Å². The predicted octanol–water partition coefficient (Wildman–Crippen LogP) is 11.9. The summed E-state index contributed by atoms with van der Waals surface area (Å²) in [6, 6.07) is 13.1. The van der Waals surface area contributed by atoms with Crippen LogP contribution in [0.2, 0.25) is 0 Å². The average molecular weight is 1640 g/mol. The number of amides is 1. The first-order chi connectivity index (χ1) is 52.5. The summed E-state index contributed by atoms with van der Waals surface area (Å²) < 4.78 is 219. The molecule has 3 aromatic carbocycles. The van der Waals surface area contributed by atoms with E-state index in [0.29, 0.717) is 84.8 Å². The zero-order valence-corrected chi connectivity index (χ0v) is 67.7. The van der Waals surface area contributed by atoms with Crippen molar-refractivity contribution in [1.82, 2.24) is 63.3 Å². The number of sulfonamides is 3. The van der Waals surface area contributed by atoms with Crippen LogP contribution < -0.4 is 40.2 Å². The van der Waals surface area contributed by atoms with Crippen LogP contribution in [0.15, 0.2) is 67.1 Å². The molecule has 4 aliphatic rings. The number of likely N-dealkylation sites (N-methyl/N-ethyl adjacent to an activating group) is 1. The molecule has 6 aromatic rings. The Morgan fingerprint density at radius 1 is 0.527 bits per heavy atom. The quantitative estimate of drug-likeness (QED) is 0.0315. The Bertz CT molecular complexity index is 4540. The molecule has 0 unspecified atom stereocenters. The molecule has 1 saturated heterocycles. The number of benzene rings is 3. The summed E-state index contributed by atoms with van der Waals surface area (Å²) in [6.45, 7) is 7.16. The minimum absolute atomic E-state index is 0.00232. The number of ether oxygens (including phenoxy) is 3. The number of hydrogen-bond donors (Lipinski definition) is 5. The number of nitrogens with zero attached hydrogens (tertiary/aromatic N) is 11. The Kier molecular flexibility index (Phi) is 30.9. The second kappa shape index (κ2) is 38.5. The van der Waals surface area contributed by atoms with Gasteiger partial charge in [0.05, 0.1) is 90.9 Å². The first-order valence-corrected chi connectivity index (χ1v) is 42.3. The highest BCUT2D eigenvalue weighted by Gasteiger charge is 2.42. The van der Waals surface area contributed by atoms with Crippen LogP contribution in [0.4, 0.5) is 74.4 Å². The minimum atomic E-state index is -4.67. The lowest BCUT2D eigenvalue weighted by Gasteiger charge is -2.37. The number of alkyl halides is 9. The van der Waals surface area contributed by atoms with Crippen molar-refractivity contribution in [2.45, 2.75) is 153 Å². The van der Waals surface area contributed by atoms with Crippen molar-refractivity contribution in [3.05, 3.63) is 123 Å². The van der Waals surface area contributed by atoms with Crippen LogP contribution in [0.3, 0.4) is 0 Å². The van der Waals surface area contributed by atoms with Crippen molar-refractivity contribution in [3.8, 4) is 17.2 Å². The maximum Gasteiger partial charge on any atom is 0.419 e. The van der Waals surface area contributed by atoms with Crippen LogP contribution in [0.25, 0.3) is 0 Å². The van der Waals surface area contributed by atoms with Gasteiger partial charge in [-0.15, -0.1) is 0 Å².